The lowest BCUT2D eigenvalue weighted by molar-refractivity contribution is -0.190. The van der Waals surface area contributed by atoms with Crippen molar-refractivity contribution in [3.63, 3.8) is 0 Å². The molecule has 0 radical (unpaired) electrons. The van der Waals surface area contributed by atoms with Crippen molar-refractivity contribution in [3.05, 3.63) is 71.8 Å². The quantitative estimate of drug-likeness (QED) is 0.628. The molecule has 0 saturated carbocycles. The summed E-state index contributed by atoms with van der Waals surface area (Å²) in [4.78, 5) is 26.8. The Hall–Kier alpha value is -2.62. The summed E-state index contributed by atoms with van der Waals surface area (Å²) in [6.45, 7) is 2.22. The predicted molar refractivity (Wildman–Crippen MR) is 91.0 cm³/mol. The third-order valence-electron chi connectivity index (χ3n) is 4.87. The van der Waals surface area contributed by atoms with Gasteiger partial charge in [0.15, 0.2) is 5.54 Å². The Morgan fingerprint density at radius 1 is 1.04 bits per heavy atom. The van der Waals surface area contributed by atoms with Crippen LogP contribution in [-0.2, 0) is 27.3 Å². The Morgan fingerprint density at radius 2 is 1.58 bits per heavy atom. The molecule has 3 rings (SSSR count). The van der Waals surface area contributed by atoms with Gasteiger partial charge in [0.2, 0.25) is 5.91 Å². The average Bonchev–Trinajstić information content (AvgIpc) is 2.65. The van der Waals surface area contributed by atoms with E-state index in [9.17, 15) is 9.59 Å². The average molecular weight is 323 g/mol. The van der Waals surface area contributed by atoms with Crippen molar-refractivity contribution >= 4 is 11.9 Å². The molecule has 2 atom stereocenters. The van der Waals surface area contributed by atoms with E-state index in [1.807, 2.05) is 67.6 Å². The van der Waals surface area contributed by atoms with Crippen LogP contribution in [0.15, 0.2) is 60.7 Å². The molecule has 1 heterocycles. The van der Waals surface area contributed by atoms with Crippen molar-refractivity contribution in [3.8, 4) is 0 Å². The molecule has 4 nitrogen and oxygen atoms in total. The minimum Gasteiger partial charge on any atom is -0.467 e. The van der Waals surface area contributed by atoms with Gasteiger partial charge in [0.1, 0.15) is 0 Å². The van der Waals surface area contributed by atoms with Gasteiger partial charge in [0.05, 0.1) is 13.0 Å². The second-order valence-electron chi connectivity index (χ2n) is 6.21. The molecule has 1 saturated heterocycles. The van der Waals surface area contributed by atoms with E-state index in [0.717, 1.165) is 11.1 Å². The van der Waals surface area contributed by atoms with E-state index in [0.29, 0.717) is 13.0 Å². The van der Waals surface area contributed by atoms with Gasteiger partial charge in [-0.05, 0) is 11.1 Å². The van der Waals surface area contributed by atoms with Crippen LogP contribution in [0.25, 0.3) is 0 Å². The van der Waals surface area contributed by atoms with Gasteiger partial charge in [-0.25, -0.2) is 4.79 Å². The van der Waals surface area contributed by atoms with Crippen LogP contribution in [0.4, 0.5) is 0 Å². The Labute approximate surface area is 142 Å². The lowest BCUT2D eigenvalue weighted by atomic mass is 9.70. The van der Waals surface area contributed by atoms with Crippen LogP contribution >= 0.6 is 0 Å². The highest BCUT2D eigenvalue weighted by Crippen LogP contribution is 2.42. The summed E-state index contributed by atoms with van der Waals surface area (Å²) in [5.41, 5.74) is 1.07. The van der Waals surface area contributed by atoms with E-state index in [1.54, 1.807) is 4.90 Å². The number of amides is 1. The summed E-state index contributed by atoms with van der Waals surface area (Å²) in [5.74, 6) is -0.761. The van der Waals surface area contributed by atoms with Crippen LogP contribution in [0.5, 0.6) is 0 Å². The third kappa shape index (κ3) is 2.58. The molecule has 0 spiro atoms. The number of carbonyl (C=O) groups excluding carboxylic acids is 2. The van der Waals surface area contributed by atoms with Gasteiger partial charge in [-0.1, -0.05) is 67.6 Å². The smallest absolute Gasteiger partial charge is 0.332 e. The number of ether oxygens (including phenoxy) is 1. The fourth-order valence-electron chi connectivity index (χ4n) is 3.48. The molecule has 0 unspecified atom stereocenters. The molecule has 0 aromatic heterocycles. The maximum absolute atomic E-state index is 12.7. The maximum atomic E-state index is 12.7. The van der Waals surface area contributed by atoms with Gasteiger partial charge in [-0.3, -0.25) is 4.79 Å². The first-order valence-electron chi connectivity index (χ1n) is 8.07. The highest BCUT2D eigenvalue weighted by molar-refractivity contribution is 6.01. The SMILES string of the molecule is COC(=O)[C@]1(Cc2ccccc2)[C@H](C)C(=O)N1Cc1ccccc1. The minimum atomic E-state index is -0.941. The predicted octanol–water partition coefficient (Wildman–Crippen LogP) is 2.82. The maximum Gasteiger partial charge on any atom is 0.332 e. The normalized spacial score (nSPS) is 22.8. The third-order valence-corrected chi connectivity index (χ3v) is 4.87. The van der Waals surface area contributed by atoms with Crippen molar-refractivity contribution < 1.29 is 14.3 Å². The second-order valence-corrected chi connectivity index (χ2v) is 6.21. The molecule has 2 aromatic rings. The topological polar surface area (TPSA) is 46.6 Å². The van der Waals surface area contributed by atoms with Crippen LogP contribution in [-0.4, -0.2) is 29.4 Å². The fraction of sp³-hybridized carbons (Fsp3) is 0.300. The molecular weight excluding hydrogens is 302 g/mol. The van der Waals surface area contributed by atoms with E-state index < -0.39 is 11.5 Å². The van der Waals surface area contributed by atoms with E-state index >= 15 is 0 Å². The molecule has 24 heavy (non-hydrogen) atoms. The van der Waals surface area contributed by atoms with E-state index in [4.69, 9.17) is 4.74 Å². The summed E-state index contributed by atoms with van der Waals surface area (Å²) in [6.07, 6.45) is 0.459. The van der Waals surface area contributed by atoms with Crippen molar-refractivity contribution in [2.45, 2.75) is 25.4 Å². The van der Waals surface area contributed by atoms with Gasteiger partial charge in [0.25, 0.3) is 0 Å². The number of benzene rings is 2. The lowest BCUT2D eigenvalue weighted by Crippen LogP contribution is -2.74. The van der Waals surface area contributed by atoms with Crippen molar-refractivity contribution in [2.75, 3.05) is 7.11 Å². The molecule has 1 amide bonds. The zero-order valence-corrected chi connectivity index (χ0v) is 13.9. The summed E-state index contributed by atoms with van der Waals surface area (Å²) in [7, 11) is 1.38. The zero-order chi connectivity index (χ0) is 17.2. The number of esters is 1. The highest BCUT2D eigenvalue weighted by atomic mass is 16.5. The number of methoxy groups -OCH3 is 1. The monoisotopic (exact) mass is 323 g/mol. The summed E-state index contributed by atoms with van der Waals surface area (Å²) in [5, 5.41) is 0. The van der Waals surface area contributed by atoms with E-state index in [2.05, 4.69) is 0 Å². The molecule has 124 valence electrons. The number of hydrogen-bond donors (Lipinski definition) is 0. The van der Waals surface area contributed by atoms with Gasteiger partial charge in [-0.15, -0.1) is 0 Å². The van der Waals surface area contributed by atoms with Crippen molar-refractivity contribution in [1.29, 1.82) is 0 Å². The Morgan fingerprint density at radius 3 is 2.12 bits per heavy atom. The number of β-lactam (4-membered cyclic amide) rings is 1. The van der Waals surface area contributed by atoms with E-state index in [-0.39, 0.29) is 11.9 Å². The molecule has 0 aliphatic carbocycles. The summed E-state index contributed by atoms with van der Waals surface area (Å²) < 4.78 is 5.08. The second kappa shape index (κ2) is 6.48. The van der Waals surface area contributed by atoms with E-state index in [1.165, 1.54) is 7.11 Å². The molecule has 1 fully saturated rings. The molecule has 0 N–H and O–H groups in total. The number of carbonyl (C=O) groups is 2. The number of nitrogens with zero attached hydrogens (tertiary/aromatic N) is 1. The molecule has 0 bridgehead atoms. The Balaban J connectivity index is 1.95. The summed E-state index contributed by atoms with van der Waals surface area (Å²) >= 11 is 0. The van der Waals surface area contributed by atoms with Gasteiger partial charge < -0.3 is 9.64 Å². The lowest BCUT2D eigenvalue weighted by Gasteiger charge is -2.54. The van der Waals surface area contributed by atoms with Crippen molar-refractivity contribution in [2.24, 2.45) is 5.92 Å². The molecular formula is C20H21NO3. The van der Waals surface area contributed by atoms with Crippen LogP contribution in [0.2, 0.25) is 0 Å². The number of rotatable bonds is 5. The van der Waals surface area contributed by atoms with Gasteiger partial charge in [-0.2, -0.15) is 0 Å². The molecule has 1 aliphatic heterocycles. The summed E-state index contributed by atoms with van der Waals surface area (Å²) in [6, 6.07) is 19.5. The standard InChI is InChI=1S/C20H21NO3/c1-15-18(22)21(14-17-11-7-4-8-12-17)20(15,19(23)24-2)13-16-9-5-3-6-10-16/h3-12,15H,13-14H2,1-2H3/t15-,20+/m1/s1. The largest absolute Gasteiger partial charge is 0.467 e. The van der Waals surface area contributed by atoms with Crippen LogP contribution in [0.3, 0.4) is 0 Å². The minimum absolute atomic E-state index is 0.0137. The first-order chi connectivity index (χ1) is 11.6. The Bertz CT molecular complexity index is 729. The molecule has 2 aromatic carbocycles. The molecule has 4 heteroatoms. The van der Waals surface area contributed by atoms with Gasteiger partial charge in [0, 0.05) is 13.0 Å². The first kappa shape index (κ1) is 16.2. The highest BCUT2D eigenvalue weighted by Gasteiger charge is 2.63. The van der Waals surface area contributed by atoms with Crippen molar-refractivity contribution in [1.82, 2.24) is 4.90 Å². The van der Waals surface area contributed by atoms with Crippen LogP contribution in [0.1, 0.15) is 18.1 Å². The zero-order valence-electron chi connectivity index (χ0n) is 13.9. The molecule has 1 aliphatic rings. The van der Waals surface area contributed by atoms with Gasteiger partial charge >= 0.3 is 5.97 Å². The first-order valence-corrected chi connectivity index (χ1v) is 8.07. The van der Waals surface area contributed by atoms with Crippen LogP contribution in [0, 0.1) is 5.92 Å². The van der Waals surface area contributed by atoms with Crippen LogP contribution < -0.4 is 0 Å². The fourth-order valence-corrected chi connectivity index (χ4v) is 3.48. The Kier molecular flexibility index (Phi) is 4.38. The number of hydrogen-bond acceptors (Lipinski definition) is 3. The number of likely N-dealkylation sites (tertiary alicyclic amines) is 1.